The number of nitrogens with one attached hydrogen (secondary N) is 1. The van der Waals surface area contributed by atoms with Crippen molar-refractivity contribution in [2.75, 3.05) is 23.3 Å². The van der Waals surface area contributed by atoms with E-state index in [9.17, 15) is 4.79 Å². The fourth-order valence-corrected chi connectivity index (χ4v) is 2.97. The molecule has 1 fully saturated rings. The first-order valence-electron chi connectivity index (χ1n) is 8.30. The summed E-state index contributed by atoms with van der Waals surface area (Å²) in [5.74, 6) is 0.268. The third kappa shape index (κ3) is 3.38. The summed E-state index contributed by atoms with van der Waals surface area (Å²) in [6, 6.07) is 7.77. The Balaban J connectivity index is 1.68. The Bertz CT molecular complexity index is 670. The quantitative estimate of drug-likeness (QED) is 0.933. The Labute approximate surface area is 136 Å². The van der Waals surface area contributed by atoms with Crippen molar-refractivity contribution in [2.24, 2.45) is 0 Å². The van der Waals surface area contributed by atoms with Gasteiger partial charge in [0, 0.05) is 29.9 Å². The summed E-state index contributed by atoms with van der Waals surface area (Å²) in [6.45, 7) is 6.12. The topological polar surface area (TPSA) is 58.4 Å². The summed E-state index contributed by atoms with van der Waals surface area (Å²) in [7, 11) is 0. The molecule has 1 aliphatic rings. The van der Waals surface area contributed by atoms with E-state index >= 15 is 0 Å². The minimum absolute atomic E-state index is 0.169. The number of nitrogens with zero attached hydrogens (tertiary/aromatic N) is 2. The van der Waals surface area contributed by atoms with Gasteiger partial charge in [0.15, 0.2) is 0 Å². The van der Waals surface area contributed by atoms with Crippen LogP contribution in [0, 0.1) is 6.92 Å². The smallest absolute Gasteiger partial charge is 0.258 e. The van der Waals surface area contributed by atoms with Crippen LogP contribution in [0.2, 0.25) is 0 Å². The second-order valence-electron chi connectivity index (χ2n) is 5.99. The molecule has 1 aromatic carbocycles. The van der Waals surface area contributed by atoms with Gasteiger partial charge in [0.1, 0.15) is 0 Å². The molecule has 1 aliphatic heterocycles. The molecule has 0 aliphatic carbocycles. The van der Waals surface area contributed by atoms with Crippen molar-refractivity contribution in [2.45, 2.75) is 39.5 Å². The number of aromatic nitrogens is 1. The zero-order valence-electron chi connectivity index (χ0n) is 13.8. The van der Waals surface area contributed by atoms with Crippen molar-refractivity contribution < 1.29 is 9.32 Å². The SMILES string of the molecule is CCc1noc(NC(=O)c2ccc(N3CCCCC3)cc2)c1C. The Kier molecular flexibility index (Phi) is 4.65. The number of aryl methyl sites for hydroxylation is 1. The lowest BCUT2D eigenvalue weighted by Crippen LogP contribution is -2.29. The third-order valence-corrected chi connectivity index (χ3v) is 4.43. The monoisotopic (exact) mass is 313 g/mol. The van der Waals surface area contributed by atoms with E-state index in [0.29, 0.717) is 11.4 Å². The molecule has 5 heteroatoms. The lowest BCUT2D eigenvalue weighted by molar-refractivity contribution is 0.102. The molecule has 0 bridgehead atoms. The van der Waals surface area contributed by atoms with Gasteiger partial charge in [-0.15, -0.1) is 0 Å². The van der Waals surface area contributed by atoms with E-state index in [2.05, 4.69) is 15.4 Å². The molecular weight excluding hydrogens is 290 g/mol. The normalized spacial score (nSPS) is 14.8. The van der Waals surface area contributed by atoms with Crippen LogP contribution in [0.25, 0.3) is 0 Å². The number of hydrogen-bond donors (Lipinski definition) is 1. The van der Waals surface area contributed by atoms with Gasteiger partial charge in [-0.1, -0.05) is 12.1 Å². The maximum Gasteiger partial charge on any atom is 0.258 e. The molecule has 0 unspecified atom stereocenters. The fraction of sp³-hybridized carbons (Fsp3) is 0.444. The first-order valence-corrected chi connectivity index (χ1v) is 8.30. The van der Waals surface area contributed by atoms with E-state index < -0.39 is 0 Å². The molecule has 0 radical (unpaired) electrons. The maximum absolute atomic E-state index is 12.3. The Morgan fingerprint density at radius 3 is 2.52 bits per heavy atom. The Hall–Kier alpha value is -2.30. The van der Waals surface area contributed by atoms with Crippen LogP contribution in [0.3, 0.4) is 0 Å². The summed E-state index contributed by atoms with van der Waals surface area (Å²) in [5.41, 5.74) is 3.58. The zero-order chi connectivity index (χ0) is 16.2. The number of carbonyl (C=O) groups excluding carboxylic acids is 1. The van der Waals surface area contributed by atoms with Gasteiger partial charge in [-0.2, -0.15) is 0 Å². The van der Waals surface area contributed by atoms with Crippen LogP contribution in [0.15, 0.2) is 28.8 Å². The molecule has 2 heterocycles. The van der Waals surface area contributed by atoms with E-state index in [1.54, 1.807) is 0 Å². The maximum atomic E-state index is 12.3. The molecule has 1 aromatic heterocycles. The van der Waals surface area contributed by atoms with E-state index in [1.807, 2.05) is 38.1 Å². The summed E-state index contributed by atoms with van der Waals surface area (Å²) >= 11 is 0. The van der Waals surface area contributed by atoms with Crippen LogP contribution < -0.4 is 10.2 Å². The number of hydrogen-bond acceptors (Lipinski definition) is 4. The number of piperidine rings is 1. The molecule has 1 amide bonds. The highest BCUT2D eigenvalue weighted by atomic mass is 16.5. The highest BCUT2D eigenvalue weighted by Crippen LogP contribution is 2.22. The highest BCUT2D eigenvalue weighted by molar-refractivity contribution is 6.04. The summed E-state index contributed by atoms with van der Waals surface area (Å²) < 4.78 is 5.21. The zero-order valence-corrected chi connectivity index (χ0v) is 13.8. The minimum atomic E-state index is -0.169. The van der Waals surface area contributed by atoms with Crippen molar-refractivity contribution in [1.82, 2.24) is 5.16 Å². The second kappa shape index (κ2) is 6.86. The Morgan fingerprint density at radius 2 is 1.91 bits per heavy atom. The van der Waals surface area contributed by atoms with Gasteiger partial charge in [-0.25, -0.2) is 0 Å². The highest BCUT2D eigenvalue weighted by Gasteiger charge is 2.15. The number of amides is 1. The first-order chi connectivity index (χ1) is 11.2. The molecule has 0 saturated carbocycles. The van der Waals surface area contributed by atoms with Crippen molar-refractivity contribution in [3.05, 3.63) is 41.1 Å². The first kappa shape index (κ1) is 15.6. The van der Waals surface area contributed by atoms with Crippen molar-refractivity contribution in [3.63, 3.8) is 0 Å². The lowest BCUT2D eigenvalue weighted by atomic mass is 10.1. The van der Waals surface area contributed by atoms with Crippen molar-refractivity contribution >= 4 is 17.5 Å². The molecule has 122 valence electrons. The molecule has 1 N–H and O–H groups in total. The summed E-state index contributed by atoms with van der Waals surface area (Å²) in [5, 5.41) is 6.76. The van der Waals surface area contributed by atoms with E-state index in [0.717, 1.165) is 30.8 Å². The van der Waals surface area contributed by atoms with E-state index in [-0.39, 0.29) is 5.91 Å². The van der Waals surface area contributed by atoms with Crippen LogP contribution >= 0.6 is 0 Å². The van der Waals surface area contributed by atoms with Crippen molar-refractivity contribution in [3.8, 4) is 0 Å². The largest absolute Gasteiger partial charge is 0.372 e. The van der Waals surface area contributed by atoms with Crippen LogP contribution in [0.5, 0.6) is 0 Å². The van der Waals surface area contributed by atoms with Gasteiger partial charge >= 0.3 is 0 Å². The van der Waals surface area contributed by atoms with E-state index in [4.69, 9.17) is 4.52 Å². The molecule has 1 saturated heterocycles. The molecule has 5 nitrogen and oxygen atoms in total. The third-order valence-electron chi connectivity index (χ3n) is 4.43. The lowest BCUT2D eigenvalue weighted by Gasteiger charge is -2.28. The number of rotatable bonds is 4. The van der Waals surface area contributed by atoms with Gasteiger partial charge in [0.05, 0.1) is 5.69 Å². The van der Waals surface area contributed by atoms with Crippen molar-refractivity contribution in [1.29, 1.82) is 0 Å². The molecule has 3 rings (SSSR count). The van der Waals surface area contributed by atoms with Gasteiger partial charge in [-0.05, 0) is 56.9 Å². The minimum Gasteiger partial charge on any atom is -0.372 e. The predicted octanol–water partition coefficient (Wildman–Crippen LogP) is 3.79. The van der Waals surface area contributed by atoms with Crippen LogP contribution in [-0.4, -0.2) is 24.2 Å². The van der Waals surface area contributed by atoms with Crippen LogP contribution in [-0.2, 0) is 6.42 Å². The van der Waals surface area contributed by atoms with E-state index in [1.165, 1.54) is 24.9 Å². The second-order valence-corrected chi connectivity index (χ2v) is 5.99. The standard InChI is InChI=1S/C18H23N3O2/c1-3-16-13(2)18(23-20-16)19-17(22)14-7-9-15(10-8-14)21-11-5-4-6-12-21/h7-10H,3-6,11-12H2,1-2H3,(H,19,22). The van der Waals surface area contributed by atoms with Gasteiger partial charge in [0.2, 0.25) is 5.88 Å². The average Bonchev–Trinajstić information content (AvgIpc) is 2.96. The number of anilines is 2. The summed E-state index contributed by atoms with van der Waals surface area (Å²) in [6.07, 6.45) is 4.59. The average molecular weight is 313 g/mol. The molecule has 2 aromatic rings. The number of carbonyl (C=O) groups is 1. The summed E-state index contributed by atoms with van der Waals surface area (Å²) in [4.78, 5) is 14.7. The van der Waals surface area contributed by atoms with Gasteiger partial charge in [0.25, 0.3) is 5.91 Å². The fourth-order valence-electron chi connectivity index (χ4n) is 2.97. The predicted molar refractivity (Wildman–Crippen MR) is 91.1 cm³/mol. The van der Waals surface area contributed by atoms with Crippen LogP contribution in [0.4, 0.5) is 11.6 Å². The molecule has 0 atom stereocenters. The molecule has 0 spiro atoms. The Morgan fingerprint density at radius 1 is 1.22 bits per heavy atom. The van der Waals surface area contributed by atoms with Crippen LogP contribution in [0.1, 0.15) is 47.8 Å². The molecule has 23 heavy (non-hydrogen) atoms. The molecular formula is C18H23N3O2. The van der Waals surface area contributed by atoms with Gasteiger partial charge < -0.3 is 9.42 Å². The van der Waals surface area contributed by atoms with Gasteiger partial charge in [-0.3, -0.25) is 10.1 Å². The number of benzene rings is 1.